The van der Waals surface area contributed by atoms with Crippen LogP contribution in [-0.2, 0) is 10.3 Å². The molecule has 21 heavy (non-hydrogen) atoms. The van der Waals surface area contributed by atoms with Gasteiger partial charge in [-0.3, -0.25) is 0 Å². The van der Waals surface area contributed by atoms with Gasteiger partial charge in [-0.1, -0.05) is 30.3 Å². The molecular formula is C16H17N3O2. The lowest BCUT2D eigenvalue weighted by Gasteiger charge is -2.17. The highest BCUT2D eigenvalue weighted by Crippen LogP contribution is 2.47. The molecule has 1 aliphatic carbocycles. The summed E-state index contributed by atoms with van der Waals surface area (Å²) in [5, 5.41) is 3.37. The van der Waals surface area contributed by atoms with Gasteiger partial charge < -0.3 is 10.1 Å². The third-order valence-corrected chi connectivity index (χ3v) is 3.59. The van der Waals surface area contributed by atoms with Gasteiger partial charge >= 0.3 is 5.97 Å². The van der Waals surface area contributed by atoms with E-state index < -0.39 is 5.97 Å². The minimum atomic E-state index is -0.395. The van der Waals surface area contributed by atoms with E-state index in [2.05, 4.69) is 27.4 Å². The van der Waals surface area contributed by atoms with Gasteiger partial charge in [0, 0.05) is 12.4 Å². The number of nitrogens with one attached hydrogen (secondary N) is 1. The summed E-state index contributed by atoms with van der Waals surface area (Å²) in [7, 11) is 0. The van der Waals surface area contributed by atoms with Crippen molar-refractivity contribution in [1.82, 2.24) is 9.97 Å². The van der Waals surface area contributed by atoms with Crippen LogP contribution in [0.1, 0.15) is 35.7 Å². The van der Waals surface area contributed by atoms with E-state index >= 15 is 0 Å². The number of hydrogen-bond donors (Lipinski definition) is 1. The van der Waals surface area contributed by atoms with Crippen LogP contribution in [0.2, 0.25) is 0 Å². The highest BCUT2D eigenvalue weighted by Gasteiger charge is 2.44. The van der Waals surface area contributed by atoms with Crippen LogP contribution in [0, 0.1) is 0 Å². The molecule has 3 rings (SSSR count). The molecule has 0 aliphatic heterocycles. The Kier molecular flexibility index (Phi) is 3.56. The number of carbonyl (C=O) groups is 1. The van der Waals surface area contributed by atoms with Crippen molar-refractivity contribution < 1.29 is 9.53 Å². The van der Waals surface area contributed by atoms with Gasteiger partial charge in [0.05, 0.1) is 17.7 Å². The lowest BCUT2D eigenvalue weighted by Crippen LogP contribution is -2.20. The molecule has 1 aromatic carbocycles. The molecule has 0 radical (unpaired) electrons. The Labute approximate surface area is 123 Å². The number of nitrogens with zero attached hydrogens (tertiary/aromatic N) is 2. The zero-order valence-electron chi connectivity index (χ0n) is 11.9. The molecular weight excluding hydrogens is 266 g/mol. The van der Waals surface area contributed by atoms with Crippen LogP contribution in [0.3, 0.4) is 0 Å². The molecule has 1 aliphatic rings. The van der Waals surface area contributed by atoms with Gasteiger partial charge in [-0.2, -0.15) is 0 Å². The highest BCUT2D eigenvalue weighted by atomic mass is 16.5. The maximum atomic E-state index is 11.6. The Bertz CT molecular complexity index is 622. The van der Waals surface area contributed by atoms with Crippen LogP contribution < -0.4 is 5.32 Å². The van der Waals surface area contributed by atoms with Crippen molar-refractivity contribution in [3.63, 3.8) is 0 Å². The van der Waals surface area contributed by atoms with Crippen molar-refractivity contribution in [3.8, 4) is 0 Å². The maximum absolute atomic E-state index is 11.6. The number of esters is 1. The largest absolute Gasteiger partial charge is 0.462 e. The minimum Gasteiger partial charge on any atom is -0.462 e. The molecule has 5 nitrogen and oxygen atoms in total. The maximum Gasteiger partial charge on any atom is 0.341 e. The summed E-state index contributed by atoms with van der Waals surface area (Å²) < 4.78 is 4.91. The second-order valence-electron chi connectivity index (χ2n) is 5.09. The summed E-state index contributed by atoms with van der Waals surface area (Å²) in [6.07, 6.45) is 5.10. The fourth-order valence-electron chi connectivity index (χ4n) is 2.29. The third-order valence-electron chi connectivity index (χ3n) is 3.59. The van der Waals surface area contributed by atoms with E-state index in [0.717, 1.165) is 12.8 Å². The topological polar surface area (TPSA) is 64.1 Å². The Morgan fingerprint density at radius 1 is 1.24 bits per heavy atom. The first-order valence-electron chi connectivity index (χ1n) is 7.06. The van der Waals surface area contributed by atoms with Gasteiger partial charge in [0.25, 0.3) is 0 Å². The molecule has 1 fully saturated rings. The van der Waals surface area contributed by atoms with Gasteiger partial charge in [-0.25, -0.2) is 14.8 Å². The van der Waals surface area contributed by atoms with Gasteiger partial charge in [-0.15, -0.1) is 0 Å². The number of rotatable bonds is 5. The number of ether oxygens (including phenoxy) is 1. The molecule has 1 heterocycles. The lowest BCUT2D eigenvalue weighted by atomic mass is 10.1. The predicted octanol–water partition coefficient (Wildman–Crippen LogP) is 2.75. The average Bonchev–Trinajstić information content (AvgIpc) is 3.30. The number of aromatic nitrogens is 2. The Balaban J connectivity index is 1.73. The minimum absolute atomic E-state index is 0.0628. The first-order valence-corrected chi connectivity index (χ1v) is 7.06. The van der Waals surface area contributed by atoms with Crippen LogP contribution >= 0.6 is 0 Å². The number of anilines is 1. The fraction of sp³-hybridized carbons (Fsp3) is 0.312. The Morgan fingerprint density at radius 3 is 2.48 bits per heavy atom. The SMILES string of the molecule is CCOC(=O)c1cnc(NC2(c3ccccc3)CC2)nc1. The smallest absolute Gasteiger partial charge is 0.341 e. The van der Waals surface area contributed by atoms with Crippen molar-refractivity contribution in [3.05, 3.63) is 53.9 Å². The van der Waals surface area contributed by atoms with Crippen LogP contribution in [0.25, 0.3) is 0 Å². The summed E-state index contributed by atoms with van der Waals surface area (Å²) in [5.41, 5.74) is 1.54. The summed E-state index contributed by atoms with van der Waals surface area (Å²) in [4.78, 5) is 20.0. The number of benzene rings is 1. The van der Waals surface area contributed by atoms with Crippen LogP contribution in [-0.4, -0.2) is 22.5 Å². The van der Waals surface area contributed by atoms with Gasteiger partial charge in [-0.05, 0) is 25.3 Å². The first kappa shape index (κ1) is 13.5. The summed E-state index contributed by atoms with van der Waals surface area (Å²) in [6, 6.07) is 10.3. The van der Waals surface area contributed by atoms with Gasteiger partial charge in [0.2, 0.25) is 5.95 Å². The summed E-state index contributed by atoms with van der Waals surface area (Å²) in [5.74, 6) is 0.137. The molecule has 5 heteroatoms. The third kappa shape index (κ3) is 2.86. The van der Waals surface area contributed by atoms with E-state index in [-0.39, 0.29) is 5.54 Å². The Morgan fingerprint density at radius 2 is 1.90 bits per heavy atom. The second kappa shape index (κ2) is 5.52. The second-order valence-corrected chi connectivity index (χ2v) is 5.09. The van der Waals surface area contributed by atoms with Crippen LogP contribution in [0.4, 0.5) is 5.95 Å². The molecule has 0 atom stereocenters. The monoisotopic (exact) mass is 283 g/mol. The van der Waals surface area contributed by atoms with E-state index in [1.165, 1.54) is 18.0 Å². The zero-order chi connectivity index (χ0) is 14.7. The van der Waals surface area contributed by atoms with Crippen molar-refractivity contribution in [2.75, 3.05) is 11.9 Å². The highest BCUT2D eigenvalue weighted by molar-refractivity contribution is 5.88. The zero-order valence-corrected chi connectivity index (χ0v) is 11.9. The molecule has 1 N–H and O–H groups in total. The standard InChI is InChI=1S/C16H17N3O2/c1-2-21-14(20)12-10-17-15(18-11-12)19-16(8-9-16)13-6-4-3-5-7-13/h3-7,10-11H,2,8-9H2,1H3,(H,17,18,19). The van der Waals surface area contributed by atoms with E-state index in [9.17, 15) is 4.79 Å². The van der Waals surface area contributed by atoms with E-state index in [0.29, 0.717) is 18.1 Å². The predicted molar refractivity (Wildman–Crippen MR) is 79.0 cm³/mol. The van der Waals surface area contributed by atoms with Crippen molar-refractivity contribution in [1.29, 1.82) is 0 Å². The molecule has 0 amide bonds. The van der Waals surface area contributed by atoms with Crippen LogP contribution in [0.15, 0.2) is 42.7 Å². The van der Waals surface area contributed by atoms with Crippen LogP contribution in [0.5, 0.6) is 0 Å². The van der Waals surface area contributed by atoms with E-state index in [1.54, 1.807) is 6.92 Å². The van der Waals surface area contributed by atoms with Crippen molar-refractivity contribution in [2.45, 2.75) is 25.3 Å². The molecule has 0 bridgehead atoms. The van der Waals surface area contributed by atoms with Crippen molar-refractivity contribution in [2.24, 2.45) is 0 Å². The van der Waals surface area contributed by atoms with Gasteiger partial charge in [0.15, 0.2) is 0 Å². The van der Waals surface area contributed by atoms with E-state index in [4.69, 9.17) is 4.74 Å². The molecule has 0 unspecified atom stereocenters. The fourth-order valence-corrected chi connectivity index (χ4v) is 2.29. The normalized spacial score (nSPS) is 15.3. The molecule has 0 saturated heterocycles. The quantitative estimate of drug-likeness (QED) is 0.855. The van der Waals surface area contributed by atoms with Crippen molar-refractivity contribution >= 4 is 11.9 Å². The molecule has 1 saturated carbocycles. The van der Waals surface area contributed by atoms with Gasteiger partial charge in [0.1, 0.15) is 0 Å². The summed E-state index contributed by atoms with van der Waals surface area (Å²) >= 11 is 0. The lowest BCUT2D eigenvalue weighted by molar-refractivity contribution is 0.0525. The molecule has 2 aromatic rings. The molecule has 108 valence electrons. The average molecular weight is 283 g/mol. The first-order chi connectivity index (χ1) is 10.2. The number of hydrogen-bond acceptors (Lipinski definition) is 5. The summed E-state index contributed by atoms with van der Waals surface area (Å²) in [6.45, 7) is 2.11. The molecule has 1 aromatic heterocycles. The Hall–Kier alpha value is -2.43. The number of carbonyl (C=O) groups excluding carboxylic acids is 1. The van der Waals surface area contributed by atoms with E-state index in [1.807, 2.05) is 18.2 Å². The molecule has 0 spiro atoms.